The van der Waals surface area contributed by atoms with E-state index in [0.717, 1.165) is 22.5 Å². The van der Waals surface area contributed by atoms with Crippen molar-refractivity contribution in [2.75, 3.05) is 0 Å². The number of nitrogens with zero attached hydrogens (tertiary/aromatic N) is 2. The van der Waals surface area contributed by atoms with E-state index in [1.807, 2.05) is 12.3 Å². The van der Waals surface area contributed by atoms with Crippen molar-refractivity contribution in [1.29, 1.82) is 0 Å². The summed E-state index contributed by atoms with van der Waals surface area (Å²) in [5.74, 6) is 0. The fourth-order valence-corrected chi connectivity index (χ4v) is 5.28. The Balaban J connectivity index is 1.51. The Morgan fingerprint density at radius 3 is 1.62 bits per heavy atom. The van der Waals surface area contributed by atoms with Gasteiger partial charge in [0.25, 0.3) is 0 Å². The van der Waals surface area contributed by atoms with Crippen molar-refractivity contribution in [3.05, 3.63) is 146 Å². The second kappa shape index (κ2) is 8.92. The lowest BCUT2D eigenvalue weighted by molar-refractivity contribution is 1.17. The van der Waals surface area contributed by atoms with Gasteiger partial charge in [-0.25, -0.2) is 0 Å². The number of rotatable bonds is 4. The van der Waals surface area contributed by atoms with Crippen LogP contribution in [0.5, 0.6) is 0 Å². The van der Waals surface area contributed by atoms with Crippen LogP contribution >= 0.6 is 0 Å². The molecule has 7 rings (SSSR count). The molecule has 0 atom stereocenters. The molecular weight excluding hydrogens is 448 g/mol. The van der Waals surface area contributed by atoms with Gasteiger partial charge in [-0.3, -0.25) is 4.98 Å². The Bertz CT molecular complexity index is 1830. The molecule has 2 aromatic heterocycles. The van der Waals surface area contributed by atoms with Gasteiger partial charge < -0.3 is 4.57 Å². The van der Waals surface area contributed by atoms with E-state index in [0.29, 0.717) is 0 Å². The molecule has 0 bridgehead atoms. The average molecular weight is 473 g/mol. The summed E-state index contributed by atoms with van der Waals surface area (Å²) in [5.41, 5.74) is 10.4. The topological polar surface area (TPSA) is 17.8 Å². The highest BCUT2D eigenvalue weighted by Crippen LogP contribution is 2.39. The fourth-order valence-electron chi connectivity index (χ4n) is 5.28. The second-order valence-corrected chi connectivity index (χ2v) is 9.27. The van der Waals surface area contributed by atoms with Crippen LogP contribution in [0.25, 0.3) is 61.0 Å². The third kappa shape index (κ3) is 3.71. The maximum Gasteiger partial charge on any atom is 0.0948 e. The van der Waals surface area contributed by atoms with Crippen LogP contribution in [0.2, 0.25) is 0 Å². The molecule has 7 aromatic rings. The van der Waals surface area contributed by atoms with E-state index in [4.69, 9.17) is 4.98 Å². The van der Waals surface area contributed by atoms with Gasteiger partial charge in [0.1, 0.15) is 0 Å². The number of pyridine rings is 1. The molecule has 0 aliphatic heterocycles. The van der Waals surface area contributed by atoms with Crippen LogP contribution in [0.1, 0.15) is 0 Å². The smallest absolute Gasteiger partial charge is 0.0948 e. The highest BCUT2D eigenvalue weighted by atomic mass is 15.0. The zero-order valence-corrected chi connectivity index (χ0v) is 20.3. The van der Waals surface area contributed by atoms with Crippen molar-refractivity contribution in [2.45, 2.75) is 0 Å². The first kappa shape index (κ1) is 21.3. The number of benzene rings is 5. The summed E-state index contributed by atoms with van der Waals surface area (Å²) >= 11 is 0. The lowest BCUT2D eigenvalue weighted by atomic mass is 10.0. The molecule has 0 saturated heterocycles. The molecule has 0 aliphatic carbocycles. The van der Waals surface area contributed by atoms with Gasteiger partial charge in [0.05, 0.1) is 16.7 Å². The van der Waals surface area contributed by atoms with Crippen LogP contribution in [0, 0.1) is 0 Å². The van der Waals surface area contributed by atoms with Crippen molar-refractivity contribution in [2.24, 2.45) is 0 Å². The zero-order chi connectivity index (χ0) is 24.6. The lowest BCUT2D eigenvalue weighted by Crippen LogP contribution is -1.97. The highest BCUT2D eigenvalue weighted by Gasteiger charge is 2.18. The molecule has 0 aliphatic rings. The normalized spacial score (nSPS) is 11.2. The Morgan fingerprint density at radius 1 is 0.432 bits per heavy atom. The molecule has 0 N–H and O–H groups in total. The minimum absolute atomic E-state index is 0.989. The molecule has 2 heterocycles. The van der Waals surface area contributed by atoms with E-state index in [-0.39, 0.29) is 0 Å². The van der Waals surface area contributed by atoms with Crippen LogP contribution in [-0.2, 0) is 0 Å². The van der Waals surface area contributed by atoms with Gasteiger partial charge in [-0.05, 0) is 52.6 Å². The van der Waals surface area contributed by atoms with Crippen molar-refractivity contribution in [1.82, 2.24) is 9.55 Å². The van der Waals surface area contributed by atoms with Crippen LogP contribution in [0.15, 0.2) is 146 Å². The predicted molar refractivity (Wildman–Crippen MR) is 155 cm³/mol. The Labute approximate surface area is 216 Å². The molecule has 0 unspecified atom stereocenters. The number of hydrogen-bond acceptors (Lipinski definition) is 1. The van der Waals surface area contributed by atoms with Gasteiger partial charge in [-0.2, -0.15) is 0 Å². The first-order chi connectivity index (χ1) is 18.4. The van der Waals surface area contributed by atoms with E-state index in [1.165, 1.54) is 38.5 Å². The third-order valence-electron chi connectivity index (χ3n) is 7.06. The minimum Gasteiger partial charge on any atom is -0.307 e. The SMILES string of the molecule is c1ccc(-c2ccc(-n3c4ccc(-c5ccccc5)cc4c4ccnc(-c5ccccc5)c43)cc2)cc1. The van der Waals surface area contributed by atoms with E-state index in [1.54, 1.807) is 0 Å². The molecular formula is C35H24N2. The van der Waals surface area contributed by atoms with E-state index in [2.05, 4.69) is 138 Å². The standard InChI is InChI=1S/C35H24N2/c1-4-10-25(11-5-1)27-16-19-30(20-17-27)37-33-21-18-29(26-12-6-2-7-13-26)24-32(33)31-22-23-36-34(35(31)37)28-14-8-3-9-15-28/h1-24H. The zero-order valence-electron chi connectivity index (χ0n) is 20.3. The average Bonchev–Trinajstić information content (AvgIpc) is 3.32. The number of hydrogen-bond donors (Lipinski definition) is 0. The molecule has 0 spiro atoms. The van der Waals surface area contributed by atoms with Gasteiger partial charge in [0.2, 0.25) is 0 Å². The summed E-state index contributed by atoms with van der Waals surface area (Å²) in [7, 11) is 0. The van der Waals surface area contributed by atoms with Crippen LogP contribution < -0.4 is 0 Å². The van der Waals surface area contributed by atoms with E-state index >= 15 is 0 Å². The number of fused-ring (bicyclic) bond motifs is 3. The molecule has 0 radical (unpaired) electrons. The largest absolute Gasteiger partial charge is 0.307 e. The third-order valence-corrected chi connectivity index (χ3v) is 7.06. The Hall–Kier alpha value is -4.95. The second-order valence-electron chi connectivity index (χ2n) is 9.27. The molecule has 37 heavy (non-hydrogen) atoms. The molecule has 0 fully saturated rings. The van der Waals surface area contributed by atoms with Crippen molar-refractivity contribution < 1.29 is 0 Å². The van der Waals surface area contributed by atoms with Crippen molar-refractivity contribution in [3.63, 3.8) is 0 Å². The van der Waals surface area contributed by atoms with Crippen LogP contribution in [-0.4, -0.2) is 9.55 Å². The van der Waals surface area contributed by atoms with Gasteiger partial charge in [-0.1, -0.05) is 109 Å². The van der Waals surface area contributed by atoms with Crippen molar-refractivity contribution >= 4 is 21.8 Å². The number of aromatic nitrogens is 2. The minimum atomic E-state index is 0.989. The molecule has 2 heteroatoms. The van der Waals surface area contributed by atoms with Gasteiger partial charge >= 0.3 is 0 Å². The Kier molecular flexibility index (Phi) is 5.15. The maximum absolute atomic E-state index is 4.88. The first-order valence-electron chi connectivity index (χ1n) is 12.6. The summed E-state index contributed by atoms with van der Waals surface area (Å²) < 4.78 is 2.36. The summed E-state index contributed by atoms with van der Waals surface area (Å²) in [6, 6.07) is 49.3. The molecule has 174 valence electrons. The van der Waals surface area contributed by atoms with E-state index in [9.17, 15) is 0 Å². The van der Waals surface area contributed by atoms with Gasteiger partial charge in [0, 0.05) is 28.2 Å². The molecule has 0 amide bonds. The predicted octanol–water partition coefficient (Wildman–Crippen LogP) is 9.18. The van der Waals surface area contributed by atoms with Crippen molar-refractivity contribution in [3.8, 4) is 39.2 Å². The van der Waals surface area contributed by atoms with E-state index < -0.39 is 0 Å². The first-order valence-corrected chi connectivity index (χ1v) is 12.6. The monoisotopic (exact) mass is 472 g/mol. The quantitative estimate of drug-likeness (QED) is 0.250. The highest BCUT2D eigenvalue weighted by molar-refractivity contribution is 6.14. The van der Waals surface area contributed by atoms with Gasteiger partial charge in [-0.15, -0.1) is 0 Å². The molecule has 2 nitrogen and oxygen atoms in total. The Morgan fingerprint density at radius 2 is 0.973 bits per heavy atom. The molecule has 0 saturated carbocycles. The van der Waals surface area contributed by atoms with Crippen LogP contribution in [0.4, 0.5) is 0 Å². The maximum atomic E-state index is 4.88. The summed E-state index contributed by atoms with van der Waals surface area (Å²) in [5, 5.41) is 2.43. The summed E-state index contributed by atoms with van der Waals surface area (Å²) in [6.45, 7) is 0. The van der Waals surface area contributed by atoms with Crippen LogP contribution in [0.3, 0.4) is 0 Å². The lowest BCUT2D eigenvalue weighted by Gasteiger charge is -2.12. The summed E-state index contributed by atoms with van der Waals surface area (Å²) in [4.78, 5) is 4.88. The molecule has 5 aromatic carbocycles. The fraction of sp³-hybridized carbons (Fsp3) is 0. The summed E-state index contributed by atoms with van der Waals surface area (Å²) in [6.07, 6.45) is 1.93. The van der Waals surface area contributed by atoms with Gasteiger partial charge in [0.15, 0.2) is 0 Å².